The van der Waals surface area contributed by atoms with E-state index in [1.165, 1.54) is 0 Å². The Hall–Kier alpha value is -2.44. The zero-order valence-corrected chi connectivity index (χ0v) is 17.2. The van der Waals surface area contributed by atoms with Crippen LogP contribution in [0, 0.1) is 5.92 Å². The van der Waals surface area contributed by atoms with E-state index in [-0.39, 0.29) is 12.5 Å². The summed E-state index contributed by atoms with van der Waals surface area (Å²) >= 11 is 0. The van der Waals surface area contributed by atoms with Crippen molar-refractivity contribution < 1.29 is 28.9 Å². The van der Waals surface area contributed by atoms with E-state index in [1.807, 2.05) is 32.9 Å². The predicted octanol–water partition coefficient (Wildman–Crippen LogP) is 3.74. The van der Waals surface area contributed by atoms with Crippen LogP contribution in [-0.2, 0) is 16.0 Å². The number of rotatable bonds is 7. The Balaban J connectivity index is 1.82. The molecule has 2 rings (SSSR count). The molecule has 0 spiro atoms. The number of likely N-dealkylation sites (tertiary alicyclic amines) is 1. The van der Waals surface area contributed by atoms with Crippen molar-refractivity contribution in [3.63, 3.8) is 0 Å². The summed E-state index contributed by atoms with van der Waals surface area (Å²) in [4.78, 5) is 24.6. The van der Waals surface area contributed by atoms with E-state index in [4.69, 9.17) is 19.3 Å². The van der Waals surface area contributed by atoms with Crippen molar-refractivity contribution in [3.05, 3.63) is 23.8 Å². The molecule has 1 fully saturated rings. The number of hydrogen-bond donors (Lipinski definition) is 1. The van der Waals surface area contributed by atoms with Crippen LogP contribution in [0.5, 0.6) is 11.5 Å². The first kappa shape index (κ1) is 21.9. The van der Waals surface area contributed by atoms with Crippen LogP contribution in [0.25, 0.3) is 0 Å². The van der Waals surface area contributed by atoms with E-state index in [1.54, 1.807) is 18.1 Å². The van der Waals surface area contributed by atoms with E-state index in [2.05, 4.69) is 0 Å². The van der Waals surface area contributed by atoms with E-state index < -0.39 is 11.6 Å². The maximum Gasteiger partial charge on any atom is 0.410 e. The van der Waals surface area contributed by atoms with Crippen LogP contribution in [0.2, 0.25) is 0 Å². The summed E-state index contributed by atoms with van der Waals surface area (Å²) in [5.41, 5.74) is 0.370. The average molecular weight is 393 g/mol. The third-order valence-electron chi connectivity index (χ3n) is 4.62. The molecule has 0 radical (unpaired) electrons. The molecule has 7 nitrogen and oxygen atoms in total. The van der Waals surface area contributed by atoms with Gasteiger partial charge in [-0.15, -0.1) is 0 Å². The highest BCUT2D eigenvalue weighted by molar-refractivity contribution is 5.68. The largest absolute Gasteiger partial charge is 0.496 e. The van der Waals surface area contributed by atoms with E-state index in [9.17, 15) is 9.59 Å². The third kappa shape index (κ3) is 6.94. The second kappa shape index (κ2) is 9.66. The highest BCUT2D eigenvalue weighted by atomic mass is 16.6. The van der Waals surface area contributed by atoms with Crippen molar-refractivity contribution in [1.82, 2.24) is 4.90 Å². The van der Waals surface area contributed by atoms with Gasteiger partial charge in [0, 0.05) is 25.6 Å². The van der Waals surface area contributed by atoms with E-state index in [0.29, 0.717) is 43.5 Å². The number of piperidine rings is 1. The van der Waals surface area contributed by atoms with Gasteiger partial charge in [0.2, 0.25) is 0 Å². The number of nitrogens with zero attached hydrogens (tertiary/aromatic N) is 1. The van der Waals surface area contributed by atoms with Gasteiger partial charge in [-0.2, -0.15) is 0 Å². The Bertz CT molecular complexity index is 674. The number of ether oxygens (including phenoxy) is 3. The first-order chi connectivity index (χ1) is 13.2. The van der Waals surface area contributed by atoms with Crippen LogP contribution < -0.4 is 9.47 Å². The summed E-state index contributed by atoms with van der Waals surface area (Å²) in [6.45, 7) is 7.51. The number of carbonyl (C=O) groups is 2. The minimum atomic E-state index is -0.833. The molecule has 1 aliphatic heterocycles. The van der Waals surface area contributed by atoms with Crippen LogP contribution in [-0.4, -0.2) is 54.5 Å². The molecule has 1 aromatic carbocycles. The Morgan fingerprint density at radius 1 is 1.21 bits per heavy atom. The van der Waals surface area contributed by atoms with Crippen LogP contribution in [0.3, 0.4) is 0 Å². The lowest BCUT2D eigenvalue weighted by Crippen LogP contribution is -2.42. The summed E-state index contributed by atoms with van der Waals surface area (Å²) in [7, 11) is 1.57. The standard InChI is InChI=1S/C21H31NO6/c1-21(2,3)28-20(25)22-11-9-15(10-12-22)14-27-17-7-5-16(6-8-19(23)24)18(13-17)26-4/h5,7,13,15H,6,8-12,14H2,1-4H3,(H,23,24). The lowest BCUT2D eigenvalue weighted by molar-refractivity contribution is -0.136. The number of carboxylic acids is 1. The number of carbonyl (C=O) groups excluding carboxylic acids is 1. The highest BCUT2D eigenvalue weighted by Gasteiger charge is 2.27. The normalized spacial score (nSPS) is 15.2. The number of methoxy groups -OCH3 is 1. The van der Waals surface area contributed by atoms with Gasteiger partial charge in [0.1, 0.15) is 17.1 Å². The van der Waals surface area contributed by atoms with Gasteiger partial charge < -0.3 is 24.2 Å². The molecule has 1 heterocycles. The molecule has 156 valence electrons. The monoisotopic (exact) mass is 393 g/mol. The fourth-order valence-electron chi connectivity index (χ4n) is 3.09. The molecule has 28 heavy (non-hydrogen) atoms. The molecular weight excluding hydrogens is 362 g/mol. The van der Waals surface area contributed by atoms with E-state index in [0.717, 1.165) is 18.4 Å². The lowest BCUT2D eigenvalue weighted by atomic mass is 9.98. The molecule has 0 saturated carbocycles. The van der Waals surface area contributed by atoms with Gasteiger partial charge >= 0.3 is 12.1 Å². The zero-order valence-electron chi connectivity index (χ0n) is 17.2. The quantitative estimate of drug-likeness (QED) is 0.760. The number of amides is 1. The first-order valence-electron chi connectivity index (χ1n) is 9.67. The Morgan fingerprint density at radius 2 is 1.89 bits per heavy atom. The molecule has 0 atom stereocenters. The number of hydrogen-bond acceptors (Lipinski definition) is 5. The summed E-state index contributed by atoms with van der Waals surface area (Å²) in [5, 5.41) is 8.83. The topological polar surface area (TPSA) is 85.3 Å². The summed E-state index contributed by atoms with van der Waals surface area (Å²) in [6.07, 6.45) is 1.96. The van der Waals surface area contributed by atoms with Crippen LogP contribution >= 0.6 is 0 Å². The number of aliphatic carboxylic acids is 1. The minimum Gasteiger partial charge on any atom is -0.496 e. The molecule has 7 heteroatoms. The van der Waals surface area contributed by atoms with Gasteiger partial charge in [-0.05, 0) is 57.6 Å². The third-order valence-corrected chi connectivity index (χ3v) is 4.62. The van der Waals surface area contributed by atoms with Crippen molar-refractivity contribution in [2.45, 2.75) is 52.1 Å². The van der Waals surface area contributed by atoms with Crippen molar-refractivity contribution in [3.8, 4) is 11.5 Å². The molecule has 1 amide bonds. The minimum absolute atomic E-state index is 0.0623. The summed E-state index contributed by atoms with van der Waals surface area (Å²) in [6, 6.07) is 5.49. The molecule has 0 bridgehead atoms. The van der Waals surface area contributed by atoms with Crippen molar-refractivity contribution in [1.29, 1.82) is 0 Å². The molecule has 0 aromatic heterocycles. The molecule has 1 saturated heterocycles. The number of carboxylic acid groups (broad SMARTS) is 1. The van der Waals surface area contributed by atoms with E-state index >= 15 is 0 Å². The van der Waals surface area contributed by atoms with Gasteiger partial charge in [0.15, 0.2) is 0 Å². The predicted molar refractivity (Wildman–Crippen MR) is 105 cm³/mol. The van der Waals surface area contributed by atoms with Gasteiger partial charge in [-0.25, -0.2) is 4.79 Å². The smallest absolute Gasteiger partial charge is 0.410 e. The molecule has 0 aliphatic carbocycles. The van der Waals surface area contributed by atoms with Gasteiger partial charge in [-0.1, -0.05) is 6.07 Å². The van der Waals surface area contributed by atoms with Gasteiger partial charge in [0.25, 0.3) is 0 Å². The number of aryl methyl sites for hydroxylation is 1. The molecule has 1 aromatic rings. The fourth-order valence-corrected chi connectivity index (χ4v) is 3.09. The number of benzene rings is 1. The average Bonchev–Trinajstić information content (AvgIpc) is 2.63. The highest BCUT2D eigenvalue weighted by Crippen LogP contribution is 2.27. The molecular formula is C21H31NO6. The SMILES string of the molecule is COc1cc(OCC2CCN(C(=O)OC(C)(C)C)CC2)ccc1CCC(=O)O. The Kier molecular flexibility index (Phi) is 7.54. The first-order valence-corrected chi connectivity index (χ1v) is 9.67. The van der Waals surface area contributed by atoms with Crippen LogP contribution in [0.1, 0.15) is 45.6 Å². The van der Waals surface area contributed by atoms with Gasteiger partial charge in [-0.3, -0.25) is 4.79 Å². The van der Waals surface area contributed by atoms with Gasteiger partial charge in [0.05, 0.1) is 13.7 Å². The summed E-state index contributed by atoms with van der Waals surface area (Å²) < 4.78 is 16.7. The fraction of sp³-hybridized carbons (Fsp3) is 0.619. The van der Waals surface area contributed by atoms with Crippen LogP contribution in [0.4, 0.5) is 4.79 Å². The zero-order chi connectivity index (χ0) is 20.7. The Labute approximate surface area is 166 Å². The van der Waals surface area contributed by atoms with Crippen molar-refractivity contribution in [2.24, 2.45) is 5.92 Å². The second-order valence-corrected chi connectivity index (χ2v) is 8.09. The van der Waals surface area contributed by atoms with Crippen LogP contribution in [0.15, 0.2) is 18.2 Å². The molecule has 1 N–H and O–H groups in total. The molecule has 0 unspecified atom stereocenters. The molecule has 1 aliphatic rings. The Morgan fingerprint density at radius 3 is 2.46 bits per heavy atom. The maximum atomic E-state index is 12.1. The lowest BCUT2D eigenvalue weighted by Gasteiger charge is -2.33. The van der Waals surface area contributed by atoms with Crippen molar-refractivity contribution in [2.75, 3.05) is 26.8 Å². The van der Waals surface area contributed by atoms with Crippen molar-refractivity contribution >= 4 is 12.1 Å². The summed E-state index contributed by atoms with van der Waals surface area (Å²) in [5.74, 6) is 0.875. The maximum absolute atomic E-state index is 12.1. The second-order valence-electron chi connectivity index (χ2n) is 8.09.